The van der Waals surface area contributed by atoms with Gasteiger partial charge >= 0.3 is 6.03 Å². The topological polar surface area (TPSA) is 78.5 Å². The Morgan fingerprint density at radius 2 is 1.86 bits per heavy atom. The molecule has 118 valence electrons. The summed E-state index contributed by atoms with van der Waals surface area (Å²) >= 11 is 0. The first-order chi connectivity index (χ1) is 10.4. The van der Waals surface area contributed by atoms with Crippen LogP contribution in [0.1, 0.15) is 47.9 Å². The van der Waals surface area contributed by atoms with Crippen LogP contribution in [0.3, 0.4) is 0 Å². The fourth-order valence-electron chi connectivity index (χ4n) is 2.31. The molecular formula is C16H21N3O3. The third-order valence-electron chi connectivity index (χ3n) is 3.31. The van der Waals surface area contributed by atoms with Gasteiger partial charge in [-0.2, -0.15) is 0 Å². The lowest BCUT2D eigenvalue weighted by Gasteiger charge is -2.15. The van der Waals surface area contributed by atoms with Gasteiger partial charge < -0.3 is 10.6 Å². The van der Waals surface area contributed by atoms with Gasteiger partial charge in [-0.05, 0) is 30.5 Å². The predicted molar refractivity (Wildman–Crippen MR) is 84.0 cm³/mol. The number of nitrogens with zero attached hydrogens (tertiary/aromatic N) is 1. The number of carbonyl (C=O) groups is 3. The first-order valence-corrected chi connectivity index (χ1v) is 7.49. The van der Waals surface area contributed by atoms with Gasteiger partial charge in [0.25, 0.3) is 11.8 Å². The summed E-state index contributed by atoms with van der Waals surface area (Å²) in [6.45, 7) is 6.84. The molecule has 1 aromatic rings. The molecule has 0 aliphatic carbocycles. The maximum absolute atomic E-state index is 12.3. The maximum Gasteiger partial charge on any atom is 0.319 e. The van der Waals surface area contributed by atoms with Crippen LogP contribution in [-0.2, 0) is 0 Å². The number of carbonyl (C=O) groups excluding carboxylic acids is 3. The summed E-state index contributed by atoms with van der Waals surface area (Å²) in [7, 11) is 0. The fourth-order valence-corrected chi connectivity index (χ4v) is 2.31. The second-order valence-electron chi connectivity index (χ2n) is 5.76. The first-order valence-electron chi connectivity index (χ1n) is 7.49. The van der Waals surface area contributed by atoms with Crippen molar-refractivity contribution in [1.82, 2.24) is 10.2 Å². The van der Waals surface area contributed by atoms with Gasteiger partial charge in [0.15, 0.2) is 0 Å². The van der Waals surface area contributed by atoms with Crippen molar-refractivity contribution in [3.63, 3.8) is 0 Å². The number of hydrogen-bond donors (Lipinski definition) is 2. The minimum atomic E-state index is -0.322. The van der Waals surface area contributed by atoms with Gasteiger partial charge in [0.2, 0.25) is 0 Å². The molecule has 0 saturated heterocycles. The zero-order valence-corrected chi connectivity index (χ0v) is 13.1. The summed E-state index contributed by atoms with van der Waals surface area (Å²) in [5, 5.41) is 5.36. The van der Waals surface area contributed by atoms with E-state index in [4.69, 9.17) is 0 Å². The molecule has 1 aliphatic heterocycles. The van der Waals surface area contributed by atoms with Gasteiger partial charge in [-0.1, -0.05) is 20.8 Å². The van der Waals surface area contributed by atoms with Crippen molar-refractivity contribution in [2.75, 3.05) is 18.4 Å². The summed E-state index contributed by atoms with van der Waals surface area (Å²) in [5.41, 5.74) is 1.24. The predicted octanol–water partition coefficient (Wildman–Crippen LogP) is 2.47. The van der Waals surface area contributed by atoms with E-state index in [1.807, 2.05) is 20.8 Å². The minimum Gasteiger partial charge on any atom is -0.338 e. The monoisotopic (exact) mass is 303 g/mol. The fraction of sp³-hybridized carbons (Fsp3) is 0.438. The first kappa shape index (κ1) is 16.0. The molecule has 22 heavy (non-hydrogen) atoms. The molecule has 6 nitrogen and oxygen atoms in total. The molecule has 0 spiro atoms. The molecule has 1 aliphatic rings. The number of anilines is 1. The van der Waals surface area contributed by atoms with Crippen molar-refractivity contribution in [1.29, 1.82) is 0 Å². The highest BCUT2D eigenvalue weighted by Gasteiger charge is 2.35. The largest absolute Gasteiger partial charge is 0.338 e. The van der Waals surface area contributed by atoms with Crippen molar-refractivity contribution in [3.8, 4) is 0 Å². The van der Waals surface area contributed by atoms with Gasteiger partial charge in [-0.15, -0.1) is 0 Å². The quantitative estimate of drug-likeness (QED) is 0.820. The Balaban J connectivity index is 2.16. The van der Waals surface area contributed by atoms with Crippen molar-refractivity contribution in [2.24, 2.45) is 5.92 Å². The van der Waals surface area contributed by atoms with Crippen LogP contribution in [0.5, 0.6) is 0 Å². The second-order valence-corrected chi connectivity index (χ2v) is 5.76. The number of rotatable bonds is 5. The van der Waals surface area contributed by atoms with E-state index in [9.17, 15) is 14.4 Å². The molecule has 4 amide bonds. The van der Waals surface area contributed by atoms with Crippen molar-refractivity contribution in [2.45, 2.75) is 27.2 Å². The Morgan fingerprint density at radius 3 is 2.50 bits per heavy atom. The summed E-state index contributed by atoms with van der Waals surface area (Å²) in [4.78, 5) is 37.5. The van der Waals surface area contributed by atoms with E-state index in [0.29, 0.717) is 29.9 Å². The highest BCUT2D eigenvalue weighted by atomic mass is 16.2. The molecule has 0 saturated carbocycles. The van der Waals surface area contributed by atoms with Gasteiger partial charge in [0.1, 0.15) is 0 Å². The lowest BCUT2D eigenvalue weighted by Crippen LogP contribution is -2.33. The molecule has 0 unspecified atom stereocenters. The molecule has 6 heteroatoms. The normalized spacial score (nSPS) is 13.5. The van der Waals surface area contributed by atoms with Crippen LogP contribution < -0.4 is 10.6 Å². The number of amides is 4. The molecule has 0 fully saturated rings. The van der Waals surface area contributed by atoms with Crippen LogP contribution in [0.25, 0.3) is 0 Å². The zero-order valence-electron chi connectivity index (χ0n) is 13.1. The van der Waals surface area contributed by atoms with Gasteiger partial charge in [-0.25, -0.2) is 4.79 Å². The van der Waals surface area contributed by atoms with Crippen LogP contribution in [0.2, 0.25) is 0 Å². The standard InChI is InChI=1S/C16H21N3O3/c1-4-7-17-16(22)18-11-5-6-12-13(8-11)15(21)19(14(12)20)9-10(2)3/h5-6,8,10H,4,7,9H2,1-3H3,(H2,17,18,22). The average molecular weight is 303 g/mol. The van der Waals surface area contributed by atoms with E-state index in [1.165, 1.54) is 4.90 Å². The highest BCUT2D eigenvalue weighted by Crippen LogP contribution is 2.26. The molecular weight excluding hydrogens is 282 g/mol. The van der Waals surface area contributed by atoms with Crippen molar-refractivity contribution < 1.29 is 14.4 Å². The summed E-state index contributed by atoms with van der Waals surface area (Å²) in [6, 6.07) is 4.46. The number of nitrogens with one attached hydrogen (secondary N) is 2. The summed E-state index contributed by atoms with van der Waals surface area (Å²) < 4.78 is 0. The van der Waals surface area contributed by atoms with Gasteiger partial charge in [0.05, 0.1) is 11.1 Å². The Morgan fingerprint density at radius 1 is 1.18 bits per heavy atom. The number of fused-ring (bicyclic) bond motifs is 1. The van der Waals surface area contributed by atoms with E-state index in [-0.39, 0.29) is 23.8 Å². The van der Waals surface area contributed by atoms with Crippen LogP contribution in [0, 0.1) is 5.92 Å². The molecule has 0 atom stereocenters. The van der Waals surface area contributed by atoms with E-state index in [0.717, 1.165) is 6.42 Å². The summed E-state index contributed by atoms with van der Waals surface area (Å²) in [5.74, 6) is -0.360. The molecule has 1 aromatic carbocycles. The van der Waals surface area contributed by atoms with Crippen LogP contribution >= 0.6 is 0 Å². The molecule has 0 radical (unpaired) electrons. The minimum absolute atomic E-state index is 0.208. The Hall–Kier alpha value is -2.37. The van der Waals surface area contributed by atoms with Crippen LogP contribution in [-0.4, -0.2) is 35.8 Å². The maximum atomic E-state index is 12.3. The Kier molecular flexibility index (Phi) is 4.80. The number of benzene rings is 1. The van der Waals surface area contributed by atoms with E-state index in [2.05, 4.69) is 10.6 Å². The average Bonchev–Trinajstić information content (AvgIpc) is 2.69. The molecule has 2 rings (SSSR count). The lowest BCUT2D eigenvalue weighted by molar-refractivity contribution is 0.0636. The smallest absolute Gasteiger partial charge is 0.319 e. The second kappa shape index (κ2) is 6.60. The van der Waals surface area contributed by atoms with E-state index >= 15 is 0 Å². The van der Waals surface area contributed by atoms with Crippen LogP contribution in [0.4, 0.5) is 10.5 Å². The van der Waals surface area contributed by atoms with Gasteiger partial charge in [0, 0.05) is 18.8 Å². The van der Waals surface area contributed by atoms with E-state index in [1.54, 1.807) is 18.2 Å². The molecule has 0 bridgehead atoms. The summed E-state index contributed by atoms with van der Waals surface area (Å²) in [6.07, 6.45) is 0.842. The highest BCUT2D eigenvalue weighted by molar-refractivity contribution is 6.21. The SMILES string of the molecule is CCCNC(=O)Nc1ccc2c(c1)C(=O)N(CC(C)C)C2=O. The Labute approximate surface area is 129 Å². The lowest BCUT2D eigenvalue weighted by atomic mass is 10.1. The van der Waals surface area contributed by atoms with E-state index < -0.39 is 0 Å². The van der Waals surface area contributed by atoms with Crippen LogP contribution in [0.15, 0.2) is 18.2 Å². The van der Waals surface area contributed by atoms with Crippen molar-refractivity contribution >= 4 is 23.5 Å². The molecule has 2 N–H and O–H groups in total. The number of imide groups is 1. The number of urea groups is 1. The molecule has 1 heterocycles. The Bertz CT molecular complexity index is 611. The third kappa shape index (κ3) is 3.27. The zero-order chi connectivity index (χ0) is 16.3. The number of hydrogen-bond acceptors (Lipinski definition) is 3. The van der Waals surface area contributed by atoms with Gasteiger partial charge in [-0.3, -0.25) is 14.5 Å². The molecule has 0 aromatic heterocycles. The third-order valence-corrected chi connectivity index (χ3v) is 3.31. The van der Waals surface area contributed by atoms with Crippen molar-refractivity contribution in [3.05, 3.63) is 29.3 Å².